The van der Waals surface area contributed by atoms with Crippen molar-refractivity contribution >= 4 is 0 Å². The lowest BCUT2D eigenvalue weighted by atomic mass is 10.0. The first-order valence-electron chi connectivity index (χ1n) is 9.49. The van der Waals surface area contributed by atoms with Crippen LogP contribution < -0.4 is 0 Å². The fourth-order valence-electron chi connectivity index (χ4n) is 2.81. The highest BCUT2D eigenvalue weighted by molar-refractivity contribution is 4.55. The Morgan fingerprint density at radius 2 is 1.10 bits per heavy atom. The normalized spacial score (nSPS) is 13.6. The molecule has 0 bridgehead atoms. The molecule has 0 fully saturated rings. The maximum atomic E-state index is 6.02. The molecule has 0 aliphatic rings. The largest absolute Gasteiger partial charge is 0.200 e. The molecular formula is C19H42NO+. The highest BCUT2D eigenvalue weighted by atomic mass is 16.7. The van der Waals surface area contributed by atoms with Crippen LogP contribution >= 0.6 is 0 Å². The number of rotatable bonds is 15. The van der Waals surface area contributed by atoms with E-state index in [0.29, 0.717) is 10.8 Å². The molecule has 0 N–H and O–H groups in total. The second-order valence-corrected chi connectivity index (χ2v) is 7.35. The van der Waals surface area contributed by atoms with Crippen molar-refractivity contribution in [1.82, 2.24) is 0 Å². The zero-order chi connectivity index (χ0) is 16.0. The zero-order valence-electron chi connectivity index (χ0n) is 15.6. The van der Waals surface area contributed by atoms with Crippen molar-refractivity contribution in [3.8, 4) is 0 Å². The van der Waals surface area contributed by atoms with Gasteiger partial charge >= 0.3 is 0 Å². The van der Waals surface area contributed by atoms with Crippen LogP contribution in [0.1, 0.15) is 97.3 Å². The minimum atomic E-state index is 0.434. The molecule has 0 amide bonds. The minimum Gasteiger partial charge on any atom is -0.200 e. The first kappa shape index (κ1) is 20.9. The van der Waals surface area contributed by atoms with Crippen molar-refractivity contribution in [1.29, 1.82) is 0 Å². The van der Waals surface area contributed by atoms with Crippen LogP contribution in [0.25, 0.3) is 0 Å². The van der Waals surface area contributed by atoms with Crippen molar-refractivity contribution in [3.63, 3.8) is 0 Å². The van der Waals surface area contributed by atoms with E-state index in [2.05, 4.69) is 35.0 Å². The molecule has 0 rings (SSSR count). The second kappa shape index (κ2) is 13.6. The summed E-state index contributed by atoms with van der Waals surface area (Å²) in [6, 6.07) is 0. The SMILES string of the molecule is CCCCCCCCCCCCCC(CC)O[N+](C)(C)C. The molecule has 0 radical (unpaired) electrons. The zero-order valence-corrected chi connectivity index (χ0v) is 15.6. The van der Waals surface area contributed by atoms with Crippen LogP contribution in [0.2, 0.25) is 0 Å². The molecule has 0 aliphatic carbocycles. The summed E-state index contributed by atoms with van der Waals surface area (Å²) >= 11 is 0. The first-order chi connectivity index (χ1) is 9.99. The fourth-order valence-corrected chi connectivity index (χ4v) is 2.81. The molecule has 0 aromatic heterocycles. The molecule has 21 heavy (non-hydrogen) atoms. The Labute approximate surface area is 134 Å². The van der Waals surface area contributed by atoms with E-state index in [9.17, 15) is 0 Å². The number of hydrogen-bond acceptors (Lipinski definition) is 1. The van der Waals surface area contributed by atoms with Gasteiger partial charge in [-0.15, -0.1) is 0 Å². The summed E-state index contributed by atoms with van der Waals surface area (Å²) in [5.74, 6) is 0. The van der Waals surface area contributed by atoms with Gasteiger partial charge in [-0.2, -0.15) is 4.65 Å². The van der Waals surface area contributed by atoms with Crippen LogP contribution in [0.3, 0.4) is 0 Å². The van der Waals surface area contributed by atoms with E-state index in [4.69, 9.17) is 4.84 Å². The van der Waals surface area contributed by atoms with Gasteiger partial charge in [0.15, 0.2) is 0 Å². The van der Waals surface area contributed by atoms with Crippen LogP contribution in [0.4, 0.5) is 0 Å². The average Bonchev–Trinajstić information content (AvgIpc) is 2.42. The van der Waals surface area contributed by atoms with E-state index < -0.39 is 0 Å². The highest BCUT2D eigenvalue weighted by Crippen LogP contribution is 2.15. The van der Waals surface area contributed by atoms with Gasteiger partial charge in [-0.1, -0.05) is 84.5 Å². The molecule has 0 aliphatic heterocycles. The molecular weight excluding hydrogens is 258 g/mol. The van der Waals surface area contributed by atoms with Crippen molar-refractivity contribution in [3.05, 3.63) is 0 Å². The number of hydroxylamine groups is 3. The molecule has 0 aromatic rings. The molecule has 0 aromatic carbocycles. The molecule has 2 nitrogen and oxygen atoms in total. The molecule has 0 saturated carbocycles. The van der Waals surface area contributed by atoms with Crippen molar-refractivity contribution < 1.29 is 9.48 Å². The predicted octanol–water partition coefficient (Wildman–Crippen LogP) is 6.10. The lowest BCUT2D eigenvalue weighted by molar-refractivity contribution is -1.07. The van der Waals surface area contributed by atoms with Crippen molar-refractivity contribution in [2.75, 3.05) is 21.1 Å². The van der Waals surface area contributed by atoms with Gasteiger partial charge in [0.2, 0.25) is 0 Å². The number of hydrogen-bond donors (Lipinski definition) is 0. The highest BCUT2D eigenvalue weighted by Gasteiger charge is 2.16. The number of quaternary nitrogens is 1. The van der Waals surface area contributed by atoms with Crippen LogP contribution in [0.15, 0.2) is 0 Å². The summed E-state index contributed by atoms with van der Waals surface area (Å²) in [5, 5.41) is 0. The Balaban J connectivity index is 3.31. The summed E-state index contributed by atoms with van der Waals surface area (Å²) < 4.78 is 0.622. The molecule has 2 heteroatoms. The van der Waals surface area contributed by atoms with E-state index in [1.54, 1.807) is 0 Å². The summed E-state index contributed by atoms with van der Waals surface area (Å²) in [5.41, 5.74) is 0. The van der Waals surface area contributed by atoms with E-state index in [0.717, 1.165) is 6.42 Å². The van der Waals surface area contributed by atoms with Crippen molar-refractivity contribution in [2.24, 2.45) is 0 Å². The van der Waals surface area contributed by atoms with Crippen LogP contribution in [0, 0.1) is 0 Å². The lowest BCUT2D eigenvalue weighted by Crippen LogP contribution is -2.38. The van der Waals surface area contributed by atoms with Crippen molar-refractivity contribution in [2.45, 2.75) is 103 Å². The molecule has 1 atom stereocenters. The summed E-state index contributed by atoms with van der Waals surface area (Å²) in [4.78, 5) is 6.02. The van der Waals surface area contributed by atoms with E-state index in [1.807, 2.05) is 0 Å². The van der Waals surface area contributed by atoms with Gasteiger partial charge in [0, 0.05) is 0 Å². The van der Waals surface area contributed by atoms with Crippen LogP contribution in [-0.2, 0) is 4.84 Å². The molecule has 0 saturated heterocycles. The maximum Gasteiger partial charge on any atom is 0.117 e. The second-order valence-electron chi connectivity index (χ2n) is 7.35. The van der Waals surface area contributed by atoms with Crippen LogP contribution in [0.5, 0.6) is 0 Å². The quantitative estimate of drug-likeness (QED) is 0.201. The Kier molecular flexibility index (Phi) is 13.5. The average molecular weight is 301 g/mol. The van der Waals surface area contributed by atoms with E-state index in [-0.39, 0.29) is 0 Å². The number of nitrogens with zero attached hydrogens (tertiary/aromatic N) is 1. The minimum absolute atomic E-state index is 0.434. The molecule has 1 unspecified atom stereocenters. The van der Waals surface area contributed by atoms with Gasteiger partial charge < -0.3 is 0 Å². The molecule has 0 spiro atoms. The van der Waals surface area contributed by atoms with E-state index >= 15 is 0 Å². The standard InChI is InChI=1S/C19H42NO/c1-6-8-9-10-11-12-13-14-15-16-17-18-19(7-2)21-20(3,4)5/h19H,6-18H2,1-5H3/q+1. The molecule has 0 heterocycles. The summed E-state index contributed by atoms with van der Waals surface area (Å²) in [6.45, 7) is 4.52. The smallest absolute Gasteiger partial charge is 0.117 e. The van der Waals surface area contributed by atoms with Gasteiger partial charge in [-0.05, 0) is 12.8 Å². The van der Waals surface area contributed by atoms with E-state index in [1.165, 1.54) is 77.0 Å². The fraction of sp³-hybridized carbons (Fsp3) is 1.00. The Morgan fingerprint density at radius 3 is 1.48 bits per heavy atom. The Morgan fingerprint density at radius 1 is 0.667 bits per heavy atom. The third kappa shape index (κ3) is 16.1. The maximum absolute atomic E-state index is 6.02. The molecule has 128 valence electrons. The third-order valence-corrected chi connectivity index (χ3v) is 4.05. The predicted molar refractivity (Wildman–Crippen MR) is 94.3 cm³/mol. The topological polar surface area (TPSA) is 9.23 Å². The van der Waals surface area contributed by atoms with Gasteiger partial charge in [0.25, 0.3) is 0 Å². The lowest BCUT2D eigenvalue weighted by Gasteiger charge is -2.26. The monoisotopic (exact) mass is 300 g/mol. The van der Waals surface area contributed by atoms with Gasteiger partial charge in [-0.3, -0.25) is 0 Å². The first-order valence-corrected chi connectivity index (χ1v) is 9.49. The van der Waals surface area contributed by atoms with Gasteiger partial charge in [0.1, 0.15) is 6.10 Å². The summed E-state index contributed by atoms with van der Waals surface area (Å²) in [6.07, 6.45) is 18.4. The van der Waals surface area contributed by atoms with Gasteiger partial charge in [-0.25, -0.2) is 4.84 Å². The van der Waals surface area contributed by atoms with Gasteiger partial charge in [0.05, 0.1) is 21.1 Å². The number of unbranched alkanes of at least 4 members (excludes halogenated alkanes) is 10. The Bertz CT molecular complexity index is 210. The summed E-state index contributed by atoms with van der Waals surface area (Å²) in [7, 11) is 6.30. The Hall–Kier alpha value is -0.0800. The van der Waals surface area contributed by atoms with Crippen LogP contribution in [-0.4, -0.2) is 31.9 Å². The third-order valence-electron chi connectivity index (χ3n) is 4.05.